The van der Waals surface area contributed by atoms with Gasteiger partial charge in [-0.15, -0.1) is 0 Å². The highest BCUT2D eigenvalue weighted by atomic mass is 19.1. The molecule has 214 valence electrons. The lowest BCUT2D eigenvalue weighted by molar-refractivity contribution is 0.0473. The van der Waals surface area contributed by atoms with E-state index in [0.717, 1.165) is 33.5 Å². The van der Waals surface area contributed by atoms with Crippen molar-refractivity contribution in [2.45, 2.75) is 39.8 Å². The molecule has 0 fully saturated rings. The molecule has 0 saturated heterocycles. The molecular weight excluding hydrogens is 533 g/mol. The van der Waals surface area contributed by atoms with Crippen LogP contribution < -0.4 is 14.8 Å². The van der Waals surface area contributed by atoms with Crippen molar-refractivity contribution < 1.29 is 28.2 Å². The Kier molecular flexibility index (Phi) is 7.85. The maximum atomic E-state index is 14.1. The number of benzene rings is 4. The number of allylic oxidation sites excluding steroid dienone is 1. The van der Waals surface area contributed by atoms with Crippen LogP contribution in [0.1, 0.15) is 58.2 Å². The Bertz CT molecular complexity index is 1710. The second-order valence-corrected chi connectivity index (χ2v) is 10.9. The van der Waals surface area contributed by atoms with Gasteiger partial charge in [0.25, 0.3) is 0 Å². The van der Waals surface area contributed by atoms with E-state index < -0.39 is 17.8 Å². The van der Waals surface area contributed by atoms with Gasteiger partial charge in [-0.3, -0.25) is 0 Å². The maximum Gasteiger partial charge on any atom is 0.346 e. The number of hydrogen-bond donors (Lipinski definition) is 1. The first-order valence-corrected chi connectivity index (χ1v) is 13.6. The molecule has 1 N–H and O–H groups in total. The van der Waals surface area contributed by atoms with Crippen molar-refractivity contribution in [2.24, 2.45) is 0 Å². The van der Waals surface area contributed by atoms with Crippen LogP contribution in [-0.4, -0.2) is 24.6 Å². The lowest BCUT2D eigenvalue weighted by Gasteiger charge is -2.33. The zero-order valence-corrected chi connectivity index (χ0v) is 24.2. The van der Waals surface area contributed by atoms with Crippen molar-refractivity contribution in [3.63, 3.8) is 0 Å². The van der Waals surface area contributed by atoms with Crippen molar-refractivity contribution in [3.05, 3.63) is 119 Å². The van der Waals surface area contributed by atoms with Crippen LogP contribution in [0.4, 0.5) is 10.1 Å². The van der Waals surface area contributed by atoms with Gasteiger partial charge >= 0.3 is 11.9 Å². The normalized spacial score (nSPS) is 13.3. The van der Waals surface area contributed by atoms with Gasteiger partial charge in [0.1, 0.15) is 23.9 Å². The van der Waals surface area contributed by atoms with Crippen molar-refractivity contribution in [2.75, 3.05) is 12.4 Å². The van der Waals surface area contributed by atoms with Crippen LogP contribution >= 0.6 is 0 Å². The zero-order valence-electron chi connectivity index (χ0n) is 24.2. The SMILES string of the molecule is COc1cc(OC(=O)c2ccccc2F)ccc1-c1ccc2c(c1COC(=O)c1ccc(C)cc1)C(C)=CC(C)(C)N2. The molecule has 1 heterocycles. The fourth-order valence-corrected chi connectivity index (χ4v) is 5.26. The molecule has 0 saturated carbocycles. The van der Waals surface area contributed by atoms with Gasteiger partial charge in [0.2, 0.25) is 0 Å². The Balaban J connectivity index is 1.53. The summed E-state index contributed by atoms with van der Waals surface area (Å²) < 4.78 is 31.2. The molecule has 1 aliphatic heterocycles. The lowest BCUT2D eigenvalue weighted by Crippen LogP contribution is -2.32. The molecule has 0 bridgehead atoms. The molecule has 0 radical (unpaired) electrons. The minimum Gasteiger partial charge on any atom is -0.496 e. The second-order valence-electron chi connectivity index (χ2n) is 10.9. The summed E-state index contributed by atoms with van der Waals surface area (Å²) in [5.74, 6) is -1.26. The summed E-state index contributed by atoms with van der Waals surface area (Å²) in [6, 6.07) is 21.8. The number of nitrogens with one attached hydrogen (secondary N) is 1. The van der Waals surface area contributed by atoms with Crippen molar-refractivity contribution in [1.82, 2.24) is 0 Å². The Hall–Kier alpha value is -4.91. The number of methoxy groups -OCH3 is 1. The van der Waals surface area contributed by atoms with Crippen LogP contribution in [0.15, 0.2) is 84.9 Å². The summed E-state index contributed by atoms with van der Waals surface area (Å²) in [5.41, 5.74) is 6.34. The molecule has 6 nitrogen and oxygen atoms in total. The number of hydrogen-bond acceptors (Lipinski definition) is 6. The largest absolute Gasteiger partial charge is 0.496 e. The summed E-state index contributed by atoms with van der Waals surface area (Å²) >= 11 is 0. The minimum absolute atomic E-state index is 0.0195. The summed E-state index contributed by atoms with van der Waals surface area (Å²) in [6.45, 7) is 8.20. The quantitative estimate of drug-likeness (QED) is 0.181. The number of rotatable bonds is 7. The highest BCUT2D eigenvalue weighted by Crippen LogP contribution is 2.43. The van der Waals surface area contributed by atoms with Crippen LogP contribution in [-0.2, 0) is 11.3 Å². The van der Waals surface area contributed by atoms with Gasteiger partial charge in [-0.2, -0.15) is 0 Å². The number of carbonyl (C=O) groups is 2. The topological polar surface area (TPSA) is 73.9 Å². The summed E-state index contributed by atoms with van der Waals surface area (Å²) in [7, 11) is 1.52. The van der Waals surface area contributed by atoms with Crippen LogP contribution in [0.25, 0.3) is 16.7 Å². The third-order valence-corrected chi connectivity index (χ3v) is 7.14. The van der Waals surface area contributed by atoms with Crippen LogP contribution in [0.5, 0.6) is 11.5 Å². The molecule has 42 heavy (non-hydrogen) atoms. The number of halogens is 1. The maximum absolute atomic E-state index is 14.1. The average molecular weight is 566 g/mol. The van der Waals surface area contributed by atoms with Crippen molar-refractivity contribution in [3.8, 4) is 22.6 Å². The Morgan fingerprint density at radius 2 is 1.60 bits per heavy atom. The third kappa shape index (κ3) is 5.91. The van der Waals surface area contributed by atoms with E-state index in [2.05, 4.69) is 25.2 Å². The average Bonchev–Trinajstić information content (AvgIpc) is 2.95. The van der Waals surface area contributed by atoms with E-state index in [4.69, 9.17) is 14.2 Å². The first-order valence-electron chi connectivity index (χ1n) is 13.6. The molecule has 7 heteroatoms. The van der Waals surface area contributed by atoms with E-state index in [1.807, 2.05) is 38.1 Å². The first kappa shape index (κ1) is 28.6. The predicted molar refractivity (Wildman–Crippen MR) is 161 cm³/mol. The van der Waals surface area contributed by atoms with Gasteiger partial charge in [0.15, 0.2) is 0 Å². The fraction of sp³-hybridized carbons (Fsp3) is 0.200. The van der Waals surface area contributed by atoms with Gasteiger partial charge in [0, 0.05) is 28.4 Å². The highest BCUT2D eigenvalue weighted by molar-refractivity contribution is 5.93. The van der Waals surface area contributed by atoms with E-state index in [9.17, 15) is 14.0 Å². The molecule has 0 amide bonds. The molecule has 4 aromatic rings. The van der Waals surface area contributed by atoms with E-state index in [1.165, 1.54) is 25.3 Å². The predicted octanol–water partition coefficient (Wildman–Crippen LogP) is 7.99. The van der Waals surface area contributed by atoms with Crippen LogP contribution in [0.2, 0.25) is 0 Å². The van der Waals surface area contributed by atoms with Gasteiger partial charge in [-0.1, -0.05) is 42.0 Å². The molecule has 1 aliphatic rings. The molecule has 0 aromatic heterocycles. The van der Waals surface area contributed by atoms with Gasteiger partial charge in [-0.05, 0) is 81.3 Å². The minimum atomic E-state index is -0.810. The van der Waals surface area contributed by atoms with Crippen molar-refractivity contribution in [1.29, 1.82) is 0 Å². The standard InChI is InChI=1S/C35H32FNO5/c1-21-10-12-23(13-11-21)33(38)41-20-28-25(16-17-30-32(28)22(2)19-35(3,4)37-30)26-15-14-24(18-31(26)40-5)42-34(39)27-8-6-7-9-29(27)36/h6-19,37H,20H2,1-5H3. The molecule has 0 aliphatic carbocycles. The number of anilines is 1. The van der Waals surface area contributed by atoms with Gasteiger partial charge in [-0.25, -0.2) is 14.0 Å². The number of esters is 2. The second kappa shape index (κ2) is 11.5. The molecule has 0 spiro atoms. The van der Waals surface area contributed by atoms with Gasteiger partial charge in [0.05, 0.1) is 23.8 Å². The fourth-order valence-electron chi connectivity index (χ4n) is 5.26. The zero-order chi connectivity index (χ0) is 30.0. The highest BCUT2D eigenvalue weighted by Gasteiger charge is 2.27. The molecule has 4 aromatic carbocycles. The molecule has 0 unspecified atom stereocenters. The third-order valence-electron chi connectivity index (χ3n) is 7.14. The van der Waals surface area contributed by atoms with Crippen LogP contribution in [0.3, 0.4) is 0 Å². The van der Waals surface area contributed by atoms with E-state index >= 15 is 0 Å². The number of aryl methyl sites for hydroxylation is 1. The van der Waals surface area contributed by atoms with E-state index in [0.29, 0.717) is 16.9 Å². The van der Waals surface area contributed by atoms with E-state index in [1.54, 1.807) is 36.4 Å². The van der Waals surface area contributed by atoms with E-state index in [-0.39, 0.29) is 23.5 Å². The molecule has 0 atom stereocenters. The monoisotopic (exact) mass is 565 g/mol. The number of carbonyl (C=O) groups excluding carboxylic acids is 2. The Morgan fingerprint density at radius 3 is 2.31 bits per heavy atom. The number of fused-ring (bicyclic) bond motifs is 1. The lowest BCUT2D eigenvalue weighted by atomic mass is 9.85. The van der Waals surface area contributed by atoms with Crippen molar-refractivity contribution >= 4 is 23.2 Å². The summed E-state index contributed by atoms with van der Waals surface area (Å²) in [4.78, 5) is 25.6. The summed E-state index contributed by atoms with van der Waals surface area (Å²) in [5, 5.41) is 3.55. The van der Waals surface area contributed by atoms with Crippen LogP contribution in [0, 0.1) is 12.7 Å². The number of ether oxygens (including phenoxy) is 3. The Morgan fingerprint density at radius 1 is 0.881 bits per heavy atom. The van der Waals surface area contributed by atoms with Gasteiger partial charge < -0.3 is 19.5 Å². The Labute approximate surface area is 244 Å². The summed E-state index contributed by atoms with van der Waals surface area (Å²) in [6.07, 6.45) is 2.15. The smallest absolute Gasteiger partial charge is 0.346 e. The molecule has 5 rings (SSSR count). The first-order chi connectivity index (χ1) is 20.1. The molecular formula is C35H32FNO5.